The Morgan fingerprint density at radius 2 is 1.90 bits per heavy atom. The van der Waals surface area contributed by atoms with Crippen LogP contribution in [0.2, 0.25) is 0 Å². The molecule has 0 spiro atoms. The number of phosphoric acid groups is 1. The molecule has 20 heavy (non-hydrogen) atoms. The summed E-state index contributed by atoms with van der Waals surface area (Å²) in [7, 11) is -5.20. The van der Waals surface area contributed by atoms with Crippen LogP contribution in [0.4, 0.5) is 0 Å². The molecule has 0 aliphatic carbocycles. The van der Waals surface area contributed by atoms with Crippen molar-refractivity contribution in [1.82, 2.24) is 5.32 Å². The number of hydrogen-bond acceptors (Lipinski definition) is 8. The van der Waals surface area contributed by atoms with Crippen molar-refractivity contribution in [2.24, 2.45) is 5.41 Å². The first-order chi connectivity index (χ1) is 8.46. The van der Waals surface area contributed by atoms with Crippen molar-refractivity contribution in [3.8, 4) is 0 Å². The average molecular weight is 336 g/mol. The normalized spacial score (nSPS) is 13.2. The van der Waals surface area contributed by atoms with Gasteiger partial charge in [0.2, 0.25) is 5.91 Å². The van der Waals surface area contributed by atoms with Crippen LogP contribution in [-0.2, 0) is 18.7 Å². The SMILES string of the molecule is CC(C)(COP(=O)([O-])[O-])C(O)C(=O)NCCC(=O)[O-].[Ca+2]. The first kappa shape index (κ1) is 22.5. The van der Waals surface area contributed by atoms with Crippen LogP contribution in [0.3, 0.4) is 0 Å². The third kappa shape index (κ3) is 10.1. The maximum absolute atomic E-state index is 11.4. The zero-order valence-electron chi connectivity index (χ0n) is 11.2. The number of carbonyl (C=O) groups excluding carboxylic acids is 2. The van der Waals surface area contributed by atoms with Gasteiger partial charge in [0, 0.05) is 24.3 Å². The zero-order chi connectivity index (χ0) is 15.3. The largest absolute Gasteiger partial charge is 2.00 e. The van der Waals surface area contributed by atoms with E-state index in [0.29, 0.717) is 0 Å². The standard InChI is InChI=1S/C9H18NO8P.Ca/c1-9(2,5-18-19(15,16)17)7(13)8(14)10-4-3-6(11)12;/h7,13H,3-5H2,1-2H3,(H,10,14)(H,11,12)(H2,15,16,17);/q;+2/p-3. The first-order valence-corrected chi connectivity index (χ1v) is 6.74. The molecule has 0 aliphatic rings. The molecular formula is C9H15CaNO8P-. The topological polar surface area (TPSA) is 162 Å². The second-order valence-electron chi connectivity index (χ2n) is 4.52. The van der Waals surface area contributed by atoms with Crippen molar-refractivity contribution in [3.63, 3.8) is 0 Å². The van der Waals surface area contributed by atoms with Crippen LogP contribution in [0, 0.1) is 5.41 Å². The number of rotatable bonds is 8. The summed E-state index contributed by atoms with van der Waals surface area (Å²) >= 11 is 0. The Hall–Kier alpha value is 0.270. The van der Waals surface area contributed by atoms with Crippen LogP contribution in [0.1, 0.15) is 20.3 Å². The molecule has 0 bridgehead atoms. The molecule has 0 fully saturated rings. The van der Waals surface area contributed by atoms with Crippen LogP contribution in [-0.4, -0.2) is 74.0 Å². The van der Waals surface area contributed by atoms with Crippen molar-refractivity contribution < 1.29 is 38.7 Å². The maximum Gasteiger partial charge on any atom is 2.00 e. The molecular weight excluding hydrogens is 321 g/mol. The number of hydrogen-bond donors (Lipinski definition) is 2. The molecule has 0 heterocycles. The van der Waals surface area contributed by atoms with Crippen molar-refractivity contribution >= 4 is 57.4 Å². The first-order valence-electron chi connectivity index (χ1n) is 5.28. The third-order valence-corrected chi connectivity index (χ3v) is 2.66. The molecule has 0 aromatic rings. The van der Waals surface area contributed by atoms with Crippen molar-refractivity contribution in [3.05, 3.63) is 0 Å². The Bertz CT molecular complexity index is 382. The number of carboxylic acid groups (broad SMARTS) is 1. The Morgan fingerprint density at radius 3 is 2.30 bits per heavy atom. The average Bonchev–Trinajstić information content (AvgIpc) is 2.24. The fraction of sp³-hybridized carbons (Fsp3) is 0.778. The predicted molar refractivity (Wildman–Crippen MR) is 61.7 cm³/mol. The smallest absolute Gasteiger partial charge is 0.790 e. The van der Waals surface area contributed by atoms with Gasteiger partial charge in [-0.3, -0.25) is 4.79 Å². The Labute approximate surface area is 145 Å². The van der Waals surface area contributed by atoms with Gasteiger partial charge in [0.05, 0.1) is 14.4 Å². The molecule has 0 radical (unpaired) electrons. The molecule has 1 unspecified atom stereocenters. The quantitative estimate of drug-likeness (QED) is 0.335. The maximum atomic E-state index is 11.4. The number of carboxylic acids is 1. The molecule has 0 saturated carbocycles. The number of aliphatic hydroxyl groups excluding tert-OH is 1. The van der Waals surface area contributed by atoms with Crippen LogP contribution in [0.15, 0.2) is 0 Å². The number of aliphatic hydroxyl groups is 1. The fourth-order valence-corrected chi connectivity index (χ4v) is 1.55. The van der Waals surface area contributed by atoms with Crippen molar-refractivity contribution in [1.29, 1.82) is 0 Å². The van der Waals surface area contributed by atoms with E-state index in [1.54, 1.807) is 0 Å². The third-order valence-electron chi connectivity index (χ3n) is 2.21. The Kier molecular flexibility index (Phi) is 10.5. The molecule has 11 heteroatoms. The van der Waals surface area contributed by atoms with Gasteiger partial charge in [-0.2, -0.15) is 0 Å². The fourth-order valence-electron chi connectivity index (χ4n) is 1.06. The van der Waals surface area contributed by atoms with Crippen LogP contribution < -0.4 is 20.2 Å². The van der Waals surface area contributed by atoms with E-state index in [-0.39, 0.29) is 44.3 Å². The van der Waals surface area contributed by atoms with E-state index in [1.165, 1.54) is 13.8 Å². The van der Waals surface area contributed by atoms with Gasteiger partial charge in [0.1, 0.15) is 6.10 Å². The predicted octanol–water partition coefficient (Wildman–Crippen LogP) is -3.91. The number of aliphatic carboxylic acids is 1. The summed E-state index contributed by atoms with van der Waals surface area (Å²) in [5.41, 5.74) is -1.34. The summed E-state index contributed by atoms with van der Waals surface area (Å²) in [6.07, 6.45) is -2.09. The molecule has 0 aromatic heterocycles. The van der Waals surface area contributed by atoms with Gasteiger partial charge in [0.15, 0.2) is 0 Å². The van der Waals surface area contributed by atoms with E-state index in [0.717, 1.165) is 0 Å². The second kappa shape index (κ2) is 9.32. The summed E-state index contributed by atoms with van der Waals surface area (Å²) in [6, 6.07) is 0. The number of nitrogens with one attached hydrogen (secondary N) is 1. The minimum absolute atomic E-state index is 0. The van der Waals surface area contributed by atoms with Gasteiger partial charge in [-0.1, -0.05) is 13.8 Å². The van der Waals surface area contributed by atoms with Gasteiger partial charge in [-0.05, 0) is 0 Å². The van der Waals surface area contributed by atoms with E-state index < -0.39 is 44.2 Å². The molecule has 1 amide bonds. The number of phosphoric ester groups is 1. The summed E-state index contributed by atoms with van der Waals surface area (Å²) in [5.74, 6) is -2.27. The van der Waals surface area contributed by atoms with E-state index in [1.807, 2.05) is 0 Å². The van der Waals surface area contributed by atoms with Gasteiger partial charge in [-0.25, -0.2) is 0 Å². The molecule has 0 aliphatic heterocycles. The number of carbonyl (C=O) groups is 2. The van der Waals surface area contributed by atoms with Gasteiger partial charge >= 0.3 is 37.7 Å². The molecule has 9 nitrogen and oxygen atoms in total. The zero-order valence-corrected chi connectivity index (χ0v) is 14.3. The monoisotopic (exact) mass is 336 g/mol. The summed E-state index contributed by atoms with van der Waals surface area (Å²) in [4.78, 5) is 42.2. The van der Waals surface area contributed by atoms with Crippen LogP contribution in [0.5, 0.6) is 0 Å². The summed E-state index contributed by atoms with van der Waals surface area (Å²) < 4.78 is 14.3. The minimum Gasteiger partial charge on any atom is -0.790 e. The summed E-state index contributed by atoms with van der Waals surface area (Å²) in [5, 5.41) is 21.9. The van der Waals surface area contributed by atoms with Crippen LogP contribution >= 0.6 is 7.82 Å². The van der Waals surface area contributed by atoms with Crippen LogP contribution in [0.25, 0.3) is 0 Å². The molecule has 0 saturated heterocycles. The van der Waals surface area contributed by atoms with Gasteiger partial charge in [0.25, 0.3) is 0 Å². The van der Waals surface area contributed by atoms with Crippen molar-refractivity contribution in [2.75, 3.05) is 13.2 Å². The van der Waals surface area contributed by atoms with Crippen molar-refractivity contribution in [2.45, 2.75) is 26.4 Å². The molecule has 0 aromatic carbocycles. The van der Waals surface area contributed by atoms with Gasteiger partial charge < -0.3 is 39.2 Å². The number of amides is 1. The molecule has 0 rings (SSSR count). The van der Waals surface area contributed by atoms with Gasteiger partial charge in [-0.15, -0.1) is 0 Å². The Balaban J connectivity index is 0. The minimum atomic E-state index is -5.20. The molecule has 2 N–H and O–H groups in total. The molecule has 112 valence electrons. The second-order valence-corrected chi connectivity index (χ2v) is 5.68. The van der Waals surface area contributed by atoms with E-state index in [9.17, 15) is 34.2 Å². The Morgan fingerprint density at radius 1 is 1.40 bits per heavy atom. The molecule has 1 atom stereocenters. The van der Waals surface area contributed by atoms with E-state index >= 15 is 0 Å². The summed E-state index contributed by atoms with van der Waals surface area (Å²) in [6.45, 7) is 1.71. The van der Waals surface area contributed by atoms with E-state index in [2.05, 4.69) is 9.84 Å². The van der Waals surface area contributed by atoms with E-state index in [4.69, 9.17) is 0 Å².